The number of halogens is 2. The number of hydrogen-bond donors (Lipinski definition) is 3. The second-order valence-electron chi connectivity index (χ2n) is 6.72. The molecule has 12 heteroatoms. The molecule has 30 heavy (non-hydrogen) atoms. The molecule has 0 bridgehead atoms. The first-order valence-electron chi connectivity index (χ1n) is 9.19. The second-order valence-corrected chi connectivity index (χ2v) is 7.48. The Kier molecular flexibility index (Phi) is 7.01. The standard InChI is InChI=1S/C18H22Cl2N6O4/c1-9-13(19)14(20)15(21-9)17(28)22-10-4-6-26(7-5-10)12-8-11(16(27)25-30-3)23-18(24-12)29-2/h8,10,21H,4-7H2,1-3H3,(H,22,28)(H,25,27). The fourth-order valence-electron chi connectivity index (χ4n) is 3.17. The fourth-order valence-corrected chi connectivity index (χ4v) is 3.58. The zero-order valence-electron chi connectivity index (χ0n) is 16.7. The van der Waals surface area contributed by atoms with E-state index in [2.05, 4.69) is 30.6 Å². The van der Waals surface area contributed by atoms with E-state index in [9.17, 15) is 9.59 Å². The molecule has 162 valence electrons. The minimum atomic E-state index is -0.501. The van der Waals surface area contributed by atoms with Crippen molar-refractivity contribution < 1.29 is 19.2 Å². The lowest BCUT2D eigenvalue weighted by Gasteiger charge is -2.33. The zero-order chi connectivity index (χ0) is 21.8. The summed E-state index contributed by atoms with van der Waals surface area (Å²) in [4.78, 5) is 42.5. The molecule has 3 N–H and O–H groups in total. The van der Waals surface area contributed by atoms with E-state index in [4.69, 9.17) is 27.9 Å². The number of carbonyl (C=O) groups excluding carboxylic acids is 2. The maximum Gasteiger partial charge on any atom is 0.318 e. The Labute approximate surface area is 183 Å². The largest absolute Gasteiger partial charge is 0.467 e. The van der Waals surface area contributed by atoms with Crippen molar-refractivity contribution in [1.29, 1.82) is 0 Å². The number of hydrogen-bond acceptors (Lipinski definition) is 7. The second kappa shape index (κ2) is 9.50. The van der Waals surface area contributed by atoms with E-state index in [1.807, 2.05) is 4.90 Å². The first-order valence-corrected chi connectivity index (χ1v) is 9.95. The average Bonchev–Trinajstić information content (AvgIpc) is 3.01. The smallest absolute Gasteiger partial charge is 0.318 e. The number of aromatic nitrogens is 3. The van der Waals surface area contributed by atoms with Crippen molar-refractivity contribution in [3.05, 3.63) is 33.2 Å². The van der Waals surface area contributed by atoms with E-state index in [1.165, 1.54) is 14.2 Å². The Morgan fingerprint density at radius 1 is 1.17 bits per heavy atom. The van der Waals surface area contributed by atoms with E-state index in [1.54, 1.807) is 13.0 Å². The Hall–Kier alpha value is -2.56. The van der Waals surface area contributed by atoms with Crippen molar-refractivity contribution in [3.8, 4) is 6.01 Å². The van der Waals surface area contributed by atoms with Crippen molar-refractivity contribution in [3.63, 3.8) is 0 Å². The fraction of sp³-hybridized carbons (Fsp3) is 0.444. The monoisotopic (exact) mass is 456 g/mol. The molecule has 0 spiro atoms. The first kappa shape index (κ1) is 22.1. The number of aryl methyl sites for hydroxylation is 1. The molecule has 10 nitrogen and oxygen atoms in total. The Morgan fingerprint density at radius 2 is 1.87 bits per heavy atom. The number of H-pyrrole nitrogens is 1. The van der Waals surface area contributed by atoms with Gasteiger partial charge in [0.2, 0.25) is 0 Å². The number of hydroxylamine groups is 1. The number of carbonyl (C=O) groups is 2. The van der Waals surface area contributed by atoms with Gasteiger partial charge in [-0.3, -0.25) is 14.4 Å². The number of nitrogens with one attached hydrogen (secondary N) is 3. The minimum absolute atomic E-state index is 0.0350. The normalized spacial score (nSPS) is 14.5. The molecular weight excluding hydrogens is 435 g/mol. The molecule has 0 aliphatic carbocycles. The van der Waals surface area contributed by atoms with Gasteiger partial charge in [0.15, 0.2) is 0 Å². The van der Waals surface area contributed by atoms with Crippen LogP contribution in [0.3, 0.4) is 0 Å². The summed E-state index contributed by atoms with van der Waals surface area (Å²) in [5.74, 6) is -0.239. The molecule has 2 amide bonds. The highest BCUT2D eigenvalue weighted by Gasteiger charge is 2.26. The number of piperidine rings is 1. The van der Waals surface area contributed by atoms with Gasteiger partial charge in [-0.25, -0.2) is 5.48 Å². The van der Waals surface area contributed by atoms with Crippen molar-refractivity contribution in [2.75, 3.05) is 32.2 Å². The van der Waals surface area contributed by atoms with Crippen molar-refractivity contribution in [2.24, 2.45) is 0 Å². The summed E-state index contributed by atoms with van der Waals surface area (Å²) in [6, 6.07) is 1.62. The van der Waals surface area contributed by atoms with E-state index >= 15 is 0 Å². The summed E-state index contributed by atoms with van der Waals surface area (Å²) >= 11 is 12.2. The Bertz CT molecular complexity index is 943. The number of amides is 2. The lowest BCUT2D eigenvalue weighted by molar-refractivity contribution is 0.0531. The van der Waals surface area contributed by atoms with Gasteiger partial charge in [0.25, 0.3) is 11.8 Å². The van der Waals surface area contributed by atoms with Crippen LogP contribution in [0.15, 0.2) is 6.07 Å². The molecule has 3 rings (SSSR count). The molecule has 3 heterocycles. The summed E-state index contributed by atoms with van der Waals surface area (Å²) in [7, 11) is 2.77. The quantitative estimate of drug-likeness (QED) is 0.568. The SMILES string of the molecule is CONC(=O)c1cc(N2CCC(NC(=O)c3[nH]c(C)c(Cl)c3Cl)CC2)nc(OC)n1. The van der Waals surface area contributed by atoms with Crippen LogP contribution < -0.4 is 20.4 Å². The van der Waals surface area contributed by atoms with Gasteiger partial charge in [0, 0.05) is 30.9 Å². The van der Waals surface area contributed by atoms with Crippen LogP contribution in [0.25, 0.3) is 0 Å². The molecule has 2 aromatic rings. The predicted octanol–water partition coefficient (Wildman–Crippen LogP) is 2.12. The van der Waals surface area contributed by atoms with E-state index < -0.39 is 5.91 Å². The lowest BCUT2D eigenvalue weighted by atomic mass is 10.0. The third-order valence-electron chi connectivity index (χ3n) is 4.74. The van der Waals surface area contributed by atoms with Gasteiger partial charge in [-0.05, 0) is 19.8 Å². The maximum absolute atomic E-state index is 12.5. The molecule has 0 unspecified atom stereocenters. The van der Waals surface area contributed by atoms with Gasteiger partial charge in [-0.1, -0.05) is 23.2 Å². The van der Waals surface area contributed by atoms with Crippen molar-refractivity contribution in [2.45, 2.75) is 25.8 Å². The number of anilines is 1. The third-order valence-corrected chi connectivity index (χ3v) is 5.68. The van der Waals surface area contributed by atoms with Crippen LogP contribution in [-0.2, 0) is 4.84 Å². The average molecular weight is 457 g/mol. The number of ether oxygens (including phenoxy) is 1. The van der Waals surface area contributed by atoms with Gasteiger partial charge in [0.1, 0.15) is 17.2 Å². The predicted molar refractivity (Wildman–Crippen MR) is 111 cm³/mol. The van der Waals surface area contributed by atoms with Gasteiger partial charge in [0.05, 0.1) is 24.3 Å². The molecule has 0 atom stereocenters. The molecule has 1 aliphatic rings. The molecular formula is C18H22Cl2N6O4. The van der Waals surface area contributed by atoms with E-state index in [0.29, 0.717) is 42.5 Å². The van der Waals surface area contributed by atoms with Crippen LogP contribution in [0, 0.1) is 6.92 Å². The number of rotatable bonds is 6. The molecule has 1 fully saturated rings. The van der Waals surface area contributed by atoms with Crippen LogP contribution in [-0.4, -0.2) is 60.1 Å². The first-order chi connectivity index (χ1) is 14.3. The minimum Gasteiger partial charge on any atom is -0.467 e. The van der Waals surface area contributed by atoms with Gasteiger partial charge >= 0.3 is 6.01 Å². The van der Waals surface area contributed by atoms with Crippen LogP contribution in [0.1, 0.15) is 39.5 Å². The van der Waals surface area contributed by atoms with Crippen LogP contribution in [0.4, 0.5) is 5.82 Å². The van der Waals surface area contributed by atoms with Gasteiger partial charge in [-0.2, -0.15) is 9.97 Å². The maximum atomic E-state index is 12.5. The Balaban J connectivity index is 1.65. The summed E-state index contributed by atoms with van der Waals surface area (Å²) in [5, 5.41) is 3.55. The summed E-state index contributed by atoms with van der Waals surface area (Å²) in [5.41, 5.74) is 3.26. The third kappa shape index (κ3) is 4.77. The molecule has 2 aromatic heterocycles. The highest BCUT2D eigenvalue weighted by atomic mass is 35.5. The van der Waals surface area contributed by atoms with Crippen LogP contribution in [0.5, 0.6) is 6.01 Å². The van der Waals surface area contributed by atoms with Gasteiger partial charge < -0.3 is 19.9 Å². The van der Waals surface area contributed by atoms with Crippen LogP contribution >= 0.6 is 23.2 Å². The van der Waals surface area contributed by atoms with E-state index in [0.717, 1.165) is 0 Å². The molecule has 1 aliphatic heterocycles. The summed E-state index contributed by atoms with van der Waals surface area (Å²) in [6.07, 6.45) is 1.37. The summed E-state index contributed by atoms with van der Waals surface area (Å²) < 4.78 is 5.11. The van der Waals surface area contributed by atoms with Gasteiger partial charge in [-0.15, -0.1) is 0 Å². The molecule has 0 saturated carbocycles. The van der Waals surface area contributed by atoms with Crippen molar-refractivity contribution >= 4 is 40.8 Å². The number of nitrogens with zero attached hydrogens (tertiary/aromatic N) is 3. The highest BCUT2D eigenvalue weighted by molar-refractivity contribution is 6.44. The van der Waals surface area contributed by atoms with Crippen molar-refractivity contribution in [1.82, 2.24) is 25.7 Å². The highest BCUT2D eigenvalue weighted by Crippen LogP contribution is 2.29. The number of aromatic amines is 1. The topological polar surface area (TPSA) is 121 Å². The lowest BCUT2D eigenvalue weighted by Crippen LogP contribution is -2.45. The van der Waals surface area contributed by atoms with E-state index in [-0.39, 0.29) is 34.4 Å². The molecule has 1 saturated heterocycles. The number of methoxy groups -OCH3 is 1. The summed E-state index contributed by atoms with van der Waals surface area (Å²) in [6.45, 7) is 2.99. The van der Waals surface area contributed by atoms with Crippen LogP contribution in [0.2, 0.25) is 10.0 Å². The Morgan fingerprint density at radius 3 is 2.43 bits per heavy atom. The molecule has 0 radical (unpaired) electrons. The zero-order valence-corrected chi connectivity index (χ0v) is 18.2. The molecule has 0 aromatic carbocycles.